The number of halogens is 4. The molecule has 0 saturated carbocycles. The molecule has 5 nitrogen and oxygen atoms in total. The second-order valence-corrected chi connectivity index (χ2v) is 6.07. The zero-order valence-electron chi connectivity index (χ0n) is 12.9. The highest BCUT2D eigenvalue weighted by atomic mass is 32.2. The number of aryl methyl sites for hydroxylation is 1. The van der Waals surface area contributed by atoms with E-state index in [1.807, 2.05) is 6.92 Å². The largest absolute Gasteiger partial charge is 0.433 e. The number of aromatic amines is 1. The Morgan fingerprint density at radius 3 is 2.72 bits per heavy atom. The summed E-state index contributed by atoms with van der Waals surface area (Å²) in [5.74, 6) is 0.140. The Bertz CT molecular complexity index is 980. The maximum Gasteiger partial charge on any atom is 0.433 e. The summed E-state index contributed by atoms with van der Waals surface area (Å²) in [6, 6.07) is 4.97. The number of rotatable bonds is 4. The van der Waals surface area contributed by atoms with Crippen molar-refractivity contribution in [3.05, 3.63) is 52.0 Å². The predicted octanol–water partition coefficient (Wildman–Crippen LogP) is 3.59. The summed E-state index contributed by atoms with van der Waals surface area (Å²) >= 11 is 0.896. The van der Waals surface area contributed by atoms with Crippen LogP contribution in [0.3, 0.4) is 0 Å². The van der Waals surface area contributed by atoms with Gasteiger partial charge in [0.05, 0.1) is 11.3 Å². The molecule has 0 aliphatic carbocycles. The molecule has 0 spiro atoms. The molecular formula is C15H12F4N4OS. The Kier molecular flexibility index (Phi) is 4.55. The van der Waals surface area contributed by atoms with E-state index >= 15 is 0 Å². The Balaban J connectivity index is 1.92. The van der Waals surface area contributed by atoms with Crippen molar-refractivity contribution in [2.24, 2.45) is 0 Å². The molecule has 0 aliphatic rings. The summed E-state index contributed by atoms with van der Waals surface area (Å²) in [7, 11) is 0. The van der Waals surface area contributed by atoms with Crippen LogP contribution in [0.4, 0.5) is 17.6 Å². The molecule has 25 heavy (non-hydrogen) atoms. The first-order valence-corrected chi connectivity index (χ1v) is 8.23. The van der Waals surface area contributed by atoms with Crippen LogP contribution in [-0.2, 0) is 18.5 Å². The van der Waals surface area contributed by atoms with Crippen LogP contribution >= 0.6 is 11.8 Å². The molecule has 1 N–H and O–H groups in total. The molecule has 0 fully saturated rings. The van der Waals surface area contributed by atoms with E-state index in [0.29, 0.717) is 24.0 Å². The molecule has 2 aromatic heterocycles. The molecule has 0 aliphatic heterocycles. The van der Waals surface area contributed by atoms with E-state index in [4.69, 9.17) is 0 Å². The highest BCUT2D eigenvalue weighted by Crippen LogP contribution is 2.29. The van der Waals surface area contributed by atoms with Gasteiger partial charge >= 0.3 is 6.18 Å². The monoisotopic (exact) mass is 372 g/mol. The number of benzene rings is 1. The van der Waals surface area contributed by atoms with Crippen LogP contribution in [-0.4, -0.2) is 19.5 Å². The maximum absolute atomic E-state index is 13.8. The molecule has 10 heteroatoms. The van der Waals surface area contributed by atoms with Crippen molar-refractivity contribution in [1.82, 2.24) is 19.5 Å². The molecule has 1 aromatic carbocycles. The van der Waals surface area contributed by atoms with E-state index in [-0.39, 0.29) is 16.4 Å². The maximum atomic E-state index is 13.8. The first kappa shape index (κ1) is 17.5. The second-order valence-electron chi connectivity index (χ2n) is 5.10. The smallest absolute Gasteiger partial charge is 0.327 e. The molecule has 0 amide bonds. The number of hydrogen-bond donors (Lipinski definition) is 1. The third-order valence-corrected chi connectivity index (χ3v) is 4.34. The number of para-hydroxylation sites is 1. The molecule has 0 radical (unpaired) electrons. The van der Waals surface area contributed by atoms with Crippen LogP contribution in [0.2, 0.25) is 0 Å². The van der Waals surface area contributed by atoms with Crippen LogP contribution in [0.15, 0.2) is 34.2 Å². The van der Waals surface area contributed by atoms with Crippen LogP contribution in [0.1, 0.15) is 18.4 Å². The van der Waals surface area contributed by atoms with Crippen molar-refractivity contribution >= 4 is 22.8 Å². The van der Waals surface area contributed by atoms with Crippen molar-refractivity contribution in [2.75, 3.05) is 0 Å². The van der Waals surface area contributed by atoms with E-state index in [1.54, 1.807) is 16.7 Å². The van der Waals surface area contributed by atoms with Crippen molar-refractivity contribution < 1.29 is 17.6 Å². The van der Waals surface area contributed by atoms with Crippen LogP contribution in [0.25, 0.3) is 11.0 Å². The van der Waals surface area contributed by atoms with Gasteiger partial charge in [-0.15, -0.1) is 0 Å². The third-order valence-electron chi connectivity index (χ3n) is 3.47. The fraction of sp³-hybridized carbons (Fsp3) is 0.267. The van der Waals surface area contributed by atoms with Crippen LogP contribution in [0, 0.1) is 5.82 Å². The average molecular weight is 372 g/mol. The first-order valence-electron chi connectivity index (χ1n) is 7.24. The van der Waals surface area contributed by atoms with E-state index in [9.17, 15) is 22.4 Å². The molecule has 0 bridgehead atoms. The number of aromatic nitrogens is 4. The predicted molar refractivity (Wildman–Crippen MR) is 84.8 cm³/mol. The minimum Gasteiger partial charge on any atom is -0.327 e. The Labute approximate surface area is 143 Å². The number of imidazole rings is 1. The number of alkyl halides is 3. The molecule has 0 unspecified atom stereocenters. The quantitative estimate of drug-likeness (QED) is 0.432. The molecule has 2 heterocycles. The highest BCUT2D eigenvalue weighted by molar-refractivity contribution is 7.98. The van der Waals surface area contributed by atoms with Crippen molar-refractivity contribution in [3.8, 4) is 0 Å². The fourth-order valence-corrected chi connectivity index (χ4v) is 3.23. The lowest BCUT2D eigenvalue weighted by molar-refractivity contribution is -0.141. The van der Waals surface area contributed by atoms with Crippen molar-refractivity contribution in [1.29, 1.82) is 0 Å². The van der Waals surface area contributed by atoms with Gasteiger partial charge in [0, 0.05) is 12.6 Å². The normalized spacial score (nSPS) is 12.0. The number of fused-ring (bicyclic) bond motifs is 1. The van der Waals surface area contributed by atoms with Crippen molar-refractivity contribution in [3.63, 3.8) is 0 Å². The number of hydrogen-bond acceptors (Lipinski definition) is 4. The summed E-state index contributed by atoms with van der Waals surface area (Å²) in [6.45, 7) is 2.37. The topological polar surface area (TPSA) is 63.6 Å². The lowest BCUT2D eigenvalue weighted by Gasteiger charge is -2.08. The molecular weight excluding hydrogens is 360 g/mol. The minimum atomic E-state index is -4.71. The van der Waals surface area contributed by atoms with Crippen LogP contribution < -0.4 is 5.56 Å². The van der Waals surface area contributed by atoms with Gasteiger partial charge in [0.2, 0.25) is 0 Å². The van der Waals surface area contributed by atoms with Gasteiger partial charge in [0.15, 0.2) is 16.7 Å². The number of nitrogens with zero attached hydrogens (tertiary/aromatic N) is 3. The number of nitrogens with one attached hydrogen (secondary N) is 1. The lowest BCUT2D eigenvalue weighted by Crippen LogP contribution is -2.16. The Morgan fingerprint density at radius 2 is 2.04 bits per heavy atom. The van der Waals surface area contributed by atoms with Gasteiger partial charge in [-0.05, 0) is 19.1 Å². The Morgan fingerprint density at radius 1 is 1.28 bits per heavy atom. The standard InChI is InChI=1S/C15H12F4N4OS/c1-2-23-9-5-3-4-8(16)13(9)21-11(23)7-25-14-20-10(15(17,18)19)6-12(24)22-14/h3-6H,2,7H2,1H3,(H,20,22,24). The second kappa shape index (κ2) is 6.51. The van der Waals surface area contributed by atoms with Gasteiger partial charge in [-0.3, -0.25) is 4.79 Å². The Hall–Kier alpha value is -2.36. The van der Waals surface area contributed by atoms with Gasteiger partial charge in [-0.2, -0.15) is 13.2 Å². The van der Waals surface area contributed by atoms with Gasteiger partial charge in [0.1, 0.15) is 11.3 Å². The third kappa shape index (κ3) is 3.53. The molecule has 3 aromatic rings. The number of thioether (sulfide) groups is 1. The van der Waals surface area contributed by atoms with Gasteiger partial charge in [-0.1, -0.05) is 17.8 Å². The summed E-state index contributed by atoms with van der Waals surface area (Å²) in [4.78, 5) is 21.3. The minimum absolute atomic E-state index is 0.131. The first-order chi connectivity index (χ1) is 11.8. The van der Waals surface area contributed by atoms with E-state index in [2.05, 4.69) is 15.0 Å². The van der Waals surface area contributed by atoms with Gasteiger partial charge in [0.25, 0.3) is 5.56 Å². The van der Waals surface area contributed by atoms with E-state index < -0.39 is 23.2 Å². The molecule has 3 rings (SSSR count). The van der Waals surface area contributed by atoms with E-state index in [1.165, 1.54) is 6.07 Å². The van der Waals surface area contributed by atoms with E-state index in [0.717, 1.165) is 11.8 Å². The van der Waals surface area contributed by atoms with Gasteiger partial charge < -0.3 is 9.55 Å². The zero-order chi connectivity index (χ0) is 18.2. The van der Waals surface area contributed by atoms with Crippen LogP contribution in [0.5, 0.6) is 0 Å². The van der Waals surface area contributed by atoms with Gasteiger partial charge in [-0.25, -0.2) is 14.4 Å². The summed E-state index contributed by atoms with van der Waals surface area (Å²) in [6.07, 6.45) is -4.71. The lowest BCUT2D eigenvalue weighted by atomic mass is 10.3. The zero-order valence-corrected chi connectivity index (χ0v) is 13.7. The summed E-state index contributed by atoms with van der Waals surface area (Å²) in [5.41, 5.74) is -1.34. The SMILES string of the molecule is CCn1c(CSc2nc(C(F)(F)F)cc(=O)[nH]2)nc2c(F)cccc21. The summed E-state index contributed by atoms with van der Waals surface area (Å²) < 4.78 is 53.8. The molecule has 0 saturated heterocycles. The molecule has 132 valence electrons. The summed E-state index contributed by atoms with van der Waals surface area (Å²) in [5, 5.41) is -0.171. The number of H-pyrrole nitrogens is 1. The molecule has 0 atom stereocenters. The average Bonchev–Trinajstić information content (AvgIpc) is 2.90. The van der Waals surface area contributed by atoms with Crippen molar-refractivity contribution in [2.45, 2.75) is 30.6 Å². The highest BCUT2D eigenvalue weighted by Gasteiger charge is 2.33. The fourth-order valence-electron chi connectivity index (χ4n) is 2.41.